The van der Waals surface area contributed by atoms with Crippen LogP contribution in [0.1, 0.15) is 36.1 Å². The topological polar surface area (TPSA) is 103 Å². The molecule has 1 aromatic carbocycles. The van der Waals surface area contributed by atoms with Crippen molar-refractivity contribution >= 4 is 17.4 Å². The number of allylic oxidation sites excluding steroid dienone is 1. The van der Waals surface area contributed by atoms with Gasteiger partial charge in [0.25, 0.3) is 0 Å². The molecular weight excluding hydrogens is 372 g/mol. The van der Waals surface area contributed by atoms with Crippen molar-refractivity contribution in [3.05, 3.63) is 77.9 Å². The maximum absolute atomic E-state index is 6.40. The molecule has 0 amide bonds. The summed E-state index contributed by atoms with van der Waals surface area (Å²) in [6.07, 6.45) is 10.6. The van der Waals surface area contributed by atoms with Crippen molar-refractivity contribution in [2.75, 3.05) is 12.8 Å². The first-order valence-electron chi connectivity index (χ1n) is 10.1. The number of nitrogens with two attached hydrogens (primary N) is 2. The SMILES string of the molecule is CN=C(/C=C(\N)c1ccc(C)nc1)C1(c2ccc(-c3cnc(N)nc3)cc2)CCC1. The molecule has 4 rings (SSSR count). The van der Waals surface area contributed by atoms with E-state index in [0.717, 1.165) is 40.9 Å². The molecule has 0 saturated heterocycles. The molecule has 4 N–H and O–H groups in total. The molecule has 2 aromatic heterocycles. The molecule has 30 heavy (non-hydrogen) atoms. The quantitative estimate of drug-likeness (QED) is 0.634. The number of nitrogens with zero attached hydrogens (tertiary/aromatic N) is 4. The van der Waals surface area contributed by atoms with Crippen LogP contribution >= 0.6 is 0 Å². The van der Waals surface area contributed by atoms with Crippen molar-refractivity contribution in [1.29, 1.82) is 0 Å². The first-order chi connectivity index (χ1) is 14.5. The number of hydrogen-bond donors (Lipinski definition) is 2. The molecule has 0 bridgehead atoms. The lowest BCUT2D eigenvalue weighted by Gasteiger charge is -2.43. The van der Waals surface area contributed by atoms with Gasteiger partial charge in [0, 0.05) is 59.3 Å². The molecule has 2 heterocycles. The van der Waals surface area contributed by atoms with Crippen molar-refractivity contribution in [2.45, 2.75) is 31.6 Å². The third kappa shape index (κ3) is 3.68. The van der Waals surface area contributed by atoms with Crippen LogP contribution in [0.2, 0.25) is 0 Å². The van der Waals surface area contributed by atoms with Gasteiger partial charge in [-0.2, -0.15) is 0 Å². The van der Waals surface area contributed by atoms with Crippen molar-refractivity contribution < 1.29 is 0 Å². The molecule has 3 aromatic rings. The molecular formula is C24H26N6. The second-order valence-corrected chi connectivity index (χ2v) is 7.74. The van der Waals surface area contributed by atoms with Gasteiger partial charge in [-0.1, -0.05) is 30.7 Å². The Balaban J connectivity index is 1.64. The molecule has 6 heteroatoms. The van der Waals surface area contributed by atoms with Gasteiger partial charge in [0.2, 0.25) is 5.95 Å². The third-order valence-electron chi connectivity index (χ3n) is 5.92. The summed E-state index contributed by atoms with van der Waals surface area (Å²) in [4.78, 5) is 17.2. The average Bonchev–Trinajstić information content (AvgIpc) is 2.73. The first kappa shape index (κ1) is 19.8. The predicted molar refractivity (Wildman–Crippen MR) is 122 cm³/mol. The van der Waals surface area contributed by atoms with Crippen molar-refractivity contribution in [1.82, 2.24) is 15.0 Å². The highest BCUT2D eigenvalue weighted by atomic mass is 15.0. The van der Waals surface area contributed by atoms with Crippen LogP contribution in [0, 0.1) is 6.92 Å². The van der Waals surface area contributed by atoms with Crippen LogP contribution in [0.5, 0.6) is 0 Å². The van der Waals surface area contributed by atoms with Crippen LogP contribution < -0.4 is 11.5 Å². The van der Waals surface area contributed by atoms with Gasteiger partial charge in [-0.25, -0.2) is 9.97 Å². The fraction of sp³-hybridized carbons (Fsp3) is 0.250. The Morgan fingerprint density at radius 2 is 1.67 bits per heavy atom. The van der Waals surface area contributed by atoms with E-state index in [9.17, 15) is 0 Å². The molecule has 0 aliphatic heterocycles. The van der Waals surface area contributed by atoms with E-state index in [1.807, 2.05) is 38.4 Å². The van der Waals surface area contributed by atoms with Gasteiger partial charge in [0.1, 0.15) is 0 Å². The number of anilines is 1. The summed E-state index contributed by atoms with van der Waals surface area (Å²) in [5.74, 6) is 0.278. The normalized spacial score (nSPS) is 16.2. The largest absolute Gasteiger partial charge is 0.398 e. The standard InChI is InChI=1S/C24H26N6/c1-16-4-5-18(13-28-16)21(25)12-22(27-2)24(10-3-11-24)20-8-6-17(7-9-20)19-14-29-23(26)30-15-19/h4-9,12-15H,3,10-11,25H2,1-2H3,(H2,26,29,30)/b21-12-,27-22?. The van der Waals surface area contributed by atoms with Crippen LogP contribution in [-0.4, -0.2) is 27.7 Å². The second-order valence-electron chi connectivity index (χ2n) is 7.74. The Bertz CT molecular complexity index is 1080. The molecule has 1 aliphatic rings. The highest BCUT2D eigenvalue weighted by Gasteiger charge is 2.42. The summed E-state index contributed by atoms with van der Waals surface area (Å²) in [5, 5.41) is 0. The maximum atomic E-state index is 6.40. The molecule has 0 unspecified atom stereocenters. The van der Waals surface area contributed by atoms with Gasteiger partial charge in [-0.3, -0.25) is 9.98 Å². The minimum Gasteiger partial charge on any atom is -0.398 e. The zero-order valence-corrected chi connectivity index (χ0v) is 17.3. The van der Waals surface area contributed by atoms with Crippen molar-refractivity contribution in [2.24, 2.45) is 10.7 Å². The fourth-order valence-electron chi connectivity index (χ4n) is 3.98. The predicted octanol–water partition coefficient (Wildman–Crippen LogP) is 3.92. The van der Waals surface area contributed by atoms with E-state index in [0.29, 0.717) is 5.70 Å². The molecule has 0 radical (unpaired) electrons. The molecule has 1 aliphatic carbocycles. The fourth-order valence-corrected chi connectivity index (χ4v) is 3.98. The zero-order chi connectivity index (χ0) is 21.1. The average molecular weight is 399 g/mol. The molecule has 1 saturated carbocycles. The Morgan fingerprint density at radius 3 is 2.20 bits per heavy atom. The number of rotatable bonds is 5. The summed E-state index contributed by atoms with van der Waals surface area (Å²) < 4.78 is 0. The summed E-state index contributed by atoms with van der Waals surface area (Å²) in [6, 6.07) is 12.5. The molecule has 152 valence electrons. The van der Waals surface area contributed by atoms with Gasteiger partial charge < -0.3 is 11.5 Å². The van der Waals surface area contributed by atoms with Gasteiger partial charge >= 0.3 is 0 Å². The number of nitrogen functional groups attached to an aromatic ring is 1. The summed E-state index contributed by atoms with van der Waals surface area (Å²) >= 11 is 0. The summed E-state index contributed by atoms with van der Waals surface area (Å²) in [7, 11) is 1.84. The highest BCUT2D eigenvalue weighted by molar-refractivity contribution is 6.08. The molecule has 0 spiro atoms. The van der Waals surface area contributed by atoms with Crippen LogP contribution in [-0.2, 0) is 5.41 Å². The minimum absolute atomic E-state index is 0.104. The van der Waals surface area contributed by atoms with E-state index in [2.05, 4.69) is 44.2 Å². The Morgan fingerprint density at radius 1 is 0.967 bits per heavy atom. The monoisotopic (exact) mass is 398 g/mol. The lowest BCUT2D eigenvalue weighted by Crippen LogP contribution is -2.42. The lowest BCUT2D eigenvalue weighted by molar-refractivity contribution is 0.342. The lowest BCUT2D eigenvalue weighted by atomic mass is 9.61. The Hall–Kier alpha value is -3.54. The Labute approximate surface area is 176 Å². The van der Waals surface area contributed by atoms with E-state index in [1.165, 1.54) is 12.0 Å². The van der Waals surface area contributed by atoms with Gasteiger partial charge in [0.15, 0.2) is 0 Å². The zero-order valence-electron chi connectivity index (χ0n) is 17.3. The highest BCUT2D eigenvalue weighted by Crippen LogP contribution is 2.46. The van der Waals surface area contributed by atoms with E-state index < -0.39 is 0 Å². The smallest absolute Gasteiger partial charge is 0.219 e. The van der Waals surface area contributed by atoms with Crippen molar-refractivity contribution in [3.63, 3.8) is 0 Å². The number of aliphatic imine (C=N–C) groups is 1. The first-order valence-corrected chi connectivity index (χ1v) is 10.1. The van der Waals surface area contributed by atoms with Crippen molar-refractivity contribution in [3.8, 4) is 11.1 Å². The number of hydrogen-bond acceptors (Lipinski definition) is 6. The van der Waals surface area contributed by atoms with E-state index in [4.69, 9.17) is 11.5 Å². The third-order valence-corrected chi connectivity index (χ3v) is 5.92. The van der Waals surface area contributed by atoms with E-state index in [1.54, 1.807) is 12.4 Å². The Kier molecular flexibility index (Phi) is 5.31. The number of aryl methyl sites for hydroxylation is 1. The summed E-state index contributed by atoms with van der Waals surface area (Å²) in [5.41, 5.74) is 18.7. The van der Waals surface area contributed by atoms with Gasteiger partial charge in [0.05, 0.1) is 0 Å². The number of benzene rings is 1. The van der Waals surface area contributed by atoms with Crippen LogP contribution in [0.3, 0.4) is 0 Å². The molecule has 0 atom stereocenters. The van der Waals surface area contributed by atoms with Crippen LogP contribution in [0.25, 0.3) is 16.8 Å². The molecule has 1 fully saturated rings. The summed E-state index contributed by atoms with van der Waals surface area (Å²) in [6.45, 7) is 1.96. The van der Waals surface area contributed by atoms with Gasteiger partial charge in [-0.05, 0) is 49.1 Å². The van der Waals surface area contributed by atoms with Crippen LogP contribution in [0.4, 0.5) is 5.95 Å². The second kappa shape index (κ2) is 8.06. The molecule has 6 nitrogen and oxygen atoms in total. The number of aromatic nitrogens is 3. The van der Waals surface area contributed by atoms with E-state index in [-0.39, 0.29) is 11.4 Å². The van der Waals surface area contributed by atoms with E-state index >= 15 is 0 Å². The van der Waals surface area contributed by atoms with Gasteiger partial charge in [-0.15, -0.1) is 0 Å². The maximum Gasteiger partial charge on any atom is 0.219 e. The van der Waals surface area contributed by atoms with Crippen LogP contribution in [0.15, 0.2) is 66.1 Å². The number of pyridine rings is 1. The minimum atomic E-state index is -0.104.